The van der Waals surface area contributed by atoms with Gasteiger partial charge in [-0.1, -0.05) is 12.8 Å². The standard InChI is InChI=1S/C13H22ClN3O2S/c1-16(10-12-5-2-3-6-12)20(18,19)13-9-15-17(11-13)8-4-7-14/h9,11-12H,2-8,10H2,1H3. The Morgan fingerprint density at radius 1 is 1.45 bits per heavy atom. The fraction of sp³-hybridized carbons (Fsp3) is 0.769. The second-order valence-electron chi connectivity index (χ2n) is 5.42. The number of nitrogens with zero attached hydrogens (tertiary/aromatic N) is 3. The molecule has 0 bridgehead atoms. The van der Waals surface area contributed by atoms with E-state index in [9.17, 15) is 8.42 Å². The fourth-order valence-corrected chi connectivity index (χ4v) is 3.98. The summed E-state index contributed by atoms with van der Waals surface area (Å²) >= 11 is 5.63. The van der Waals surface area contributed by atoms with E-state index in [1.807, 2.05) is 0 Å². The second-order valence-corrected chi connectivity index (χ2v) is 7.84. The zero-order valence-electron chi connectivity index (χ0n) is 11.8. The van der Waals surface area contributed by atoms with Crippen LogP contribution in [0.2, 0.25) is 0 Å². The van der Waals surface area contributed by atoms with Crippen LogP contribution in [-0.4, -0.2) is 42.0 Å². The number of alkyl halides is 1. The Kier molecular flexibility index (Phi) is 5.46. The van der Waals surface area contributed by atoms with Gasteiger partial charge in [-0.15, -0.1) is 11.6 Å². The van der Waals surface area contributed by atoms with Gasteiger partial charge in [0.25, 0.3) is 0 Å². The maximum atomic E-state index is 12.5. The van der Waals surface area contributed by atoms with E-state index in [4.69, 9.17) is 11.6 Å². The van der Waals surface area contributed by atoms with Gasteiger partial charge in [-0.05, 0) is 25.2 Å². The Hall–Kier alpha value is -0.590. The Morgan fingerprint density at radius 3 is 2.80 bits per heavy atom. The van der Waals surface area contributed by atoms with Gasteiger partial charge >= 0.3 is 0 Å². The SMILES string of the molecule is CN(CC1CCCC1)S(=O)(=O)c1cnn(CCCCl)c1. The van der Waals surface area contributed by atoms with E-state index in [-0.39, 0.29) is 4.90 Å². The summed E-state index contributed by atoms with van der Waals surface area (Å²) in [5, 5.41) is 4.09. The van der Waals surface area contributed by atoms with Crippen molar-refractivity contribution in [2.24, 2.45) is 5.92 Å². The number of aromatic nitrogens is 2. The van der Waals surface area contributed by atoms with Crippen LogP contribution in [-0.2, 0) is 16.6 Å². The topological polar surface area (TPSA) is 55.2 Å². The lowest BCUT2D eigenvalue weighted by molar-refractivity contribution is 0.387. The third kappa shape index (κ3) is 3.74. The summed E-state index contributed by atoms with van der Waals surface area (Å²) in [6.45, 7) is 1.25. The molecular weight excluding hydrogens is 298 g/mol. The maximum absolute atomic E-state index is 12.5. The summed E-state index contributed by atoms with van der Waals surface area (Å²) < 4.78 is 28.0. The van der Waals surface area contributed by atoms with Gasteiger partial charge in [-0.25, -0.2) is 12.7 Å². The molecule has 114 valence electrons. The lowest BCUT2D eigenvalue weighted by Gasteiger charge is -2.19. The molecule has 1 saturated carbocycles. The first-order valence-electron chi connectivity index (χ1n) is 7.09. The molecule has 1 aromatic heterocycles. The molecular formula is C13H22ClN3O2S. The van der Waals surface area contributed by atoms with Crippen LogP contribution in [0, 0.1) is 5.92 Å². The van der Waals surface area contributed by atoms with Crippen molar-refractivity contribution < 1.29 is 8.42 Å². The molecule has 0 radical (unpaired) electrons. The Morgan fingerprint density at radius 2 is 2.15 bits per heavy atom. The van der Waals surface area contributed by atoms with Crippen molar-refractivity contribution in [1.29, 1.82) is 0 Å². The lowest BCUT2D eigenvalue weighted by atomic mass is 10.1. The van der Waals surface area contributed by atoms with Crippen molar-refractivity contribution in [2.75, 3.05) is 19.5 Å². The molecule has 0 atom stereocenters. The predicted molar refractivity (Wildman–Crippen MR) is 79.3 cm³/mol. The first-order valence-corrected chi connectivity index (χ1v) is 9.06. The van der Waals surface area contributed by atoms with Gasteiger partial charge in [0.2, 0.25) is 10.0 Å². The van der Waals surface area contributed by atoms with E-state index in [1.165, 1.54) is 23.3 Å². The van der Waals surface area contributed by atoms with Crippen LogP contribution in [0.25, 0.3) is 0 Å². The van der Waals surface area contributed by atoms with E-state index in [1.54, 1.807) is 17.9 Å². The molecule has 0 spiro atoms. The van der Waals surface area contributed by atoms with E-state index in [0.717, 1.165) is 19.3 Å². The maximum Gasteiger partial charge on any atom is 0.245 e. The van der Waals surface area contributed by atoms with E-state index in [0.29, 0.717) is 24.9 Å². The second kappa shape index (κ2) is 6.91. The van der Waals surface area contributed by atoms with Crippen LogP contribution in [0.15, 0.2) is 17.3 Å². The molecule has 1 aliphatic carbocycles. The van der Waals surface area contributed by atoms with Crippen LogP contribution in [0.5, 0.6) is 0 Å². The molecule has 1 fully saturated rings. The van der Waals surface area contributed by atoms with Gasteiger partial charge in [-0.3, -0.25) is 4.68 Å². The van der Waals surface area contributed by atoms with Crippen molar-refractivity contribution in [3.63, 3.8) is 0 Å². The predicted octanol–water partition coefficient (Wildman–Crippen LogP) is 2.32. The lowest BCUT2D eigenvalue weighted by Crippen LogP contribution is -2.31. The number of sulfonamides is 1. The average Bonchev–Trinajstić information content (AvgIpc) is 3.07. The molecule has 0 N–H and O–H groups in total. The monoisotopic (exact) mass is 319 g/mol. The Bertz CT molecular complexity index is 523. The summed E-state index contributed by atoms with van der Waals surface area (Å²) in [4.78, 5) is 0.271. The summed E-state index contributed by atoms with van der Waals surface area (Å²) in [6.07, 6.45) is 8.50. The summed E-state index contributed by atoms with van der Waals surface area (Å²) in [5.41, 5.74) is 0. The molecule has 1 aromatic rings. The minimum Gasteiger partial charge on any atom is -0.271 e. The van der Waals surface area contributed by atoms with Crippen molar-refractivity contribution >= 4 is 21.6 Å². The van der Waals surface area contributed by atoms with Crippen LogP contribution < -0.4 is 0 Å². The minimum atomic E-state index is -3.41. The fourth-order valence-electron chi connectivity index (χ4n) is 2.66. The molecule has 0 unspecified atom stereocenters. The molecule has 7 heteroatoms. The highest BCUT2D eigenvalue weighted by atomic mass is 35.5. The van der Waals surface area contributed by atoms with Gasteiger partial charge < -0.3 is 0 Å². The van der Waals surface area contributed by atoms with Crippen molar-refractivity contribution in [3.8, 4) is 0 Å². The Balaban J connectivity index is 2.02. The molecule has 0 saturated heterocycles. The van der Waals surface area contributed by atoms with E-state index >= 15 is 0 Å². The zero-order valence-corrected chi connectivity index (χ0v) is 13.4. The number of rotatable bonds is 7. The van der Waals surface area contributed by atoms with Crippen molar-refractivity contribution in [2.45, 2.75) is 43.5 Å². The zero-order chi connectivity index (χ0) is 14.6. The first-order chi connectivity index (χ1) is 9.54. The van der Waals surface area contributed by atoms with Crippen LogP contribution >= 0.6 is 11.6 Å². The Labute approximate surface area is 126 Å². The van der Waals surface area contributed by atoms with E-state index < -0.39 is 10.0 Å². The summed E-state index contributed by atoms with van der Waals surface area (Å²) in [5.74, 6) is 1.05. The largest absolute Gasteiger partial charge is 0.271 e. The van der Waals surface area contributed by atoms with Crippen LogP contribution in [0.3, 0.4) is 0 Å². The highest BCUT2D eigenvalue weighted by Crippen LogP contribution is 2.26. The molecule has 5 nitrogen and oxygen atoms in total. The third-order valence-electron chi connectivity index (χ3n) is 3.83. The molecule has 0 amide bonds. The highest BCUT2D eigenvalue weighted by Gasteiger charge is 2.26. The molecule has 0 aliphatic heterocycles. The number of aryl methyl sites for hydroxylation is 1. The number of hydrogen-bond acceptors (Lipinski definition) is 3. The van der Waals surface area contributed by atoms with Crippen LogP contribution in [0.1, 0.15) is 32.1 Å². The molecule has 20 heavy (non-hydrogen) atoms. The van der Waals surface area contributed by atoms with E-state index in [2.05, 4.69) is 5.10 Å². The molecule has 1 heterocycles. The van der Waals surface area contributed by atoms with Crippen molar-refractivity contribution in [1.82, 2.24) is 14.1 Å². The quantitative estimate of drug-likeness (QED) is 0.725. The van der Waals surface area contributed by atoms with Gasteiger partial charge in [-0.2, -0.15) is 5.10 Å². The summed E-state index contributed by atoms with van der Waals surface area (Å²) in [7, 11) is -1.76. The number of hydrogen-bond donors (Lipinski definition) is 0. The first kappa shape index (κ1) is 15.8. The molecule has 0 aromatic carbocycles. The van der Waals surface area contributed by atoms with Gasteiger partial charge in [0.1, 0.15) is 4.90 Å². The van der Waals surface area contributed by atoms with Gasteiger partial charge in [0.15, 0.2) is 0 Å². The normalized spacial score (nSPS) is 17.1. The summed E-state index contributed by atoms with van der Waals surface area (Å²) in [6, 6.07) is 0. The molecule has 2 rings (SSSR count). The van der Waals surface area contributed by atoms with Crippen LogP contribution in [0.4, 0.5) is 0 Å². The third-order valence-corrected chi connectivity index (χ3v) is 5.87. The highest BCUT2D eigenvalue weighted by molar-refractivity contribution is 7.89. The number of halogens is 1. The van der Waals surface area contributed by atoms with Crippen molar-refractivity contribution in [3.05, 3.63) is 12.4 Å². The average molecular weight is 320 g/mol. The van der Waals surface area contributed by atoms with Gasteiger partial charge in [0.05, 0.1) is 6.20 Å². The molecule has 1 aliphatic rings. The smallest absolute Gasteiger partial charge is 0.245 e. The van der Waals surface area contributed by atoms with Gasteiger partial charge in [0, 0.05) is 32.2 Å². The minimum absolute atomic E-state index is 0.271.